The highest BCUT2D eigenvalue weighted by Crippen LogP contribution is 2.13. The highest BCUT2D eigenvalue weighted by molar-refractivity contribution is 5.95. The van der Waals surface area contributed by atoms with Crippen LogP contribution in [-0.2, 0) is 13.6 Å². The Labute approximate surface area is 119 Å². The molecule has 0 saturated heterocycles. The van der Waals surface area contributed by atoms with Gasteiger partial charge in [-0.15, -0.1) is 0 Å². The van der Waals surface area contributed by atoms with Gasteiger partial charge in [0.05, 0.1) is 5.69 Å². The molecule has 0 fully saturated rings. The first kappa shape index (κ1) is 14.3. The molecule has 0 unspecified atom stereocenters. The quantitative estimate of drug-likeness (QED) is 0.932. The van der Waals surface area contributed by atoms with Crippen LogP contribution in [0.15, 0.2) is 18.2 Å². The second kappa shape index (κ2) is 5.49. The summed E-state index contributed by atoms with van der Waals surface area (Å²) in [4.78, 5) is 12.3. The van der Waals surface area contributed by atoms with Crippen LogP contribution in [0.4, 0.5) is 0 Å². The van der Waals surface area contributed by atoms with E-state index in [1.807, 2.05) is 57.6 Å². The van der Waals surface area contributed by atoms with E-state index in [0.29, 0.717) is 6.54 Å². The maximum absolute atomic E-state index is 12.3. The summed E-state index contributed by atoms with van der Waals surface area (Å²) in [6, 6.07) is 5.92. The van der Waals surface area contributed by atoms with Crippen molar-refractivity contribution in [3.8, 4) is 0 Å². The average molecular weight is 271 g/mol. The van der Waals surface area contributed by atoms with Gasteiger partial charge in [0.1, 0.15) is 0 Å². The summed E-state index contributed by atoms with van der Waals surface area (Å²) in [6.45, 7) is 8.43. The number of nitrogens with zero attached hydrogens (tertiary/aromatic N) is 2. The summed E-state index contributed by atoms with van der Waals surface area (Å²) in [6.07, 6.45) is 0. The molecular formula is C16H21N3O. The highest BCUT2D eigenvalue weighted by atomic mass is 16.1. The number of rotatable bonds is 3. The van der Waals surface area contributed by atoms with Gasteiger partial charge in [-0.1, -0.05) is 17.7 Å². The minimum Gasteiger partial charge on any atom is -0.348 e. The van der Waals surface area contributed by atoms with E-state index in [1.54, 1.807) is 0 Å². The van der Waals surface area contributed by atoms with Gasteiger partial charge < -0.3 is 5.32 Å². The Kier molecular flexibility index (Phi) is 3.93. The molecule has 1 N–H and O–H groups in total. The molecule has 1 aromatic heterocycles. The minimum absolute atomic E-state index is 0.0335. The van der Waals surface area contributed by atoms with Crippen molar-refractivity contribution in [2.75, 3.05) is 0 Å². The van der Waals surface area contributed by atoms with E-state index in [2.05, 4.69) is 10.4 Å². The standard InChI is InChI=1S/C16H21N3O/c1-10-6-7-11(2)14(8-10)16(20)17-9-15-12(3)18-19(5)13(15)4/h6-8H,9H2,1-5H3,(H,17,20). The molecule has 2 aromatic rings. The van der Waals surface area contributed by atoms with Crippen molar-refractivity contribution < 1.29 is 4.79 Å². The number of amides is 1. The summed E-state index contributed by atoms with van der Waals surface area (Å²) in [7, 11) is 1.92. The smallest absolute Gasteiger partial charge is 0.251 e. The van der Waals surface area contributed by atoms with Crippen LogP contribution in [0.2, 0.25) is 0 Å². The van der Waals surface area contributed by atoms with Crippen LogP contribution in [0.3, 0.4) is 0 Å². The molecule has 0 saturated carbocycles. The van der Waals surface area contributed by atoms with Crippen LogP contribution in [0.25, 0.3) is 0 Å². The first-order valence-electron chi connectivity index (χ1n) is 6.74. The molecule has 0 radical (unpaired) electrons. The van der Waals surface area contributed by atoms with Gasteiger partial charge in [0, 0.05) is 30.4 Å². The zero-order valence-corrected chi connectivity index (χ0v) is 12.7. The molecule has 0 atom stereocenters. The third-order valence-electron chi connectivity index (χ3n) is 3.72. The van der Waals surface area contributed by atoms with Gasteiger partial charge >= 0.3 is 0 Å². The largest absolute Gasteiger partial charge is 0.348 e. The summed E-state index contributed by atoms with van der Waals surface area (Å²) < 4.78 is 1.84. The van der Waals surface area contributed by atoms with Crippen LogP contribution in [0.5, 0.6) is 0 Å². The van der Waals surface area contributed by atoms with E-state index >= 15 is 0 Å². The molecule has 106 valence electrons. The van der Waals surface area contributed by atoms with E-state index in [4.69, 9.17) is 0 Å². The number of aromatic nitrogens is 2. The molecular weight excluding hydrogens is 250 g/mol. The first-order valence-corrected chi connectivity index (χ1v) is 6.74. The number of carbonyl (C=O) groups is 1. The first-order chi connectivity index (χ1) is 9.40. The highest BCUT2D eigenvalue weighted by Gasteiger charge is 2.13. The number of aryl methyl sites for hydroxylation is 4. The summed E-state index contributed by atoms with van der Waals surface area (Å²) >= 11 is 0. The molecule has 1 heterocycles. The van der Waals surface area contributed by atoms with E-state index in [9.17, 15) is 4.79 Å². The molecule has 1 aromatic carbocycles. The normalized spacial score (nSPS) is 10.7. The van der Waals surface area contributed by atoms with Crippen molar-refractivity contribution in [3.05, 3.63) is 51.8 Å². The van der Waals surface area contributed by atoms with Crippen LogP contribution in [0, 0.1) is 27.7 Å². The number of hydrogen-bond acceptors (Lipinski definition) is 2. The number of hydrogen-bond donors (Lipinski definition) is 1. The Bertz CT molecular complexity index is 656. The van der Waals surface area contributed by atoms with Crippen LogP contribution < -0.4 is 5.32 Å². The van der Waals surface area contributed by atoms with E-state index in [1.165, 1.54) is 0 Å². The van der Waals surface area contributed by atoms with Crippen LogP contribution in [-0.4, -0.2) is 15.7 Å². The maximum Gasteiger partial charge on any atom is 0.251 e. The lowest BCUT2D eigenvalue weighted by Gasteiger charge is -2.09. The molecule has 2 rings (SSSR count). The van der Waals surface area contributed by atoms with Gasteiger partial charge in [-0.25, -0.2) is 0 Å². The molecule has 1 amide bonds. The molecule has 0 aliphatic heterocycles. The van der Waals surface area contributed by atoms with E-state index < -0.39 is 0 Å². The third kappa shape index (κ3) is 2.74. The van der Waals surface area contributed by atoms with Crippen molar-refractivity contribution in [2.45, 2.75) is 34.2 Å². The molecule has 0 spiro atoms. The number of nitrogens with one attached hydrogen (secondary N) is 1. The lowest BCUT2D eigenvalue weighted by molar-refractivity contribution is 0.0950. The predicted molar refractivity (Wildman–Crippen MR) is 79.8 cm³/mol. The fraction of sp³-hybridized carbons (Fsp3) is 0.375. The lowest BCUT2D eigenvalue weighted by Crippen LogP contribution is -2.24. The monoisotopic (exact) mass is 271 g/mol. The second-order valence-electron chi connectivity index (χ2n) is 5.27. The lowest BCUT2D eigenvalue weighted by atomic mass is 10.0. The fourth-order valence-electron chi connectivity index (χ4n) is 2.32. The van der Waals surface area contributed by atoms with E-state index in [-0.39, 0.29) is 5.91 Å². The van der Waals surface area contributed by atoms with Crippen LogP contribution >= 0.6 is 0 Å². The van der Waals surface area contributed by atoms with Gasteiger partial charge in [-0.2, -0.15) is 5.10 Å². The number of benzene rings is 1. The van der Waals surface area contributed by atoms with Crippen molar-refractivity contribution in [3.63, 3.8) is 0 Å². The Morgan fingerprint density at radius 1 is 1.25 bits per heavy atom. The van der Waals surface area contributed by atoms with Gasteiger partial charge in [0.2, 0.25) is 0 Å². The topological polar surface area (TPSA) is 46.9 Å². The summed E-state index contributed by atoms with van der Waals surface area (Å²) in [5.41, 5.74) is 5.97. The van der Waals surface area contributed by atoms with Crippen molar-refractivity contribution in [2.24, 2.45) is 7.05 Å². The molecule has 0 aliphatic carbocycles. The number of carbonyl (C=O) groups excluding carboxylic acids is 1. The van der Waals surface area contributed by atoms with Gasteiger partial charge in [-0.05, 0) is 39.3 Å². The summed E-state index contributed by atoms with van der Waals surface area (Å²) in [5, 5.41) is 7.34. The molecule has 4 heteroatoms. The zero-order chi connectivity index (χ0) is 14.9. The molecule has 0 bridgehead atoms. The van der Waals surface area contributed by atoms with Crippen molar-refractivity contribution in [1.82, 2.24) is 15.1 Å². The third-order valence-corrected chi connectivity index (χ3v) is 3.72. The minimum atomic E-state index is -0.0335. The van der Waals surface area contributed by atoms with E-state index in [0.717, 1.165) is 33.6 Å². The SMILES string of the molecule is Cc1ccc(C)c(C(=O)NCc2c(C)nn(C)c2C)c1. The average Bonchev–Trinajstić information content (AvgIpc) is 2.64. The van der Waals surface area contributed by atoms with Gasteiger partial charge in [0.25, 0.3) is 5.91 Å². The van der Waals surface area contributed by atoms with Crippen molar-refractivity contribution in [1.29, 1.82) is 0 Å². The molecule has 20 heavy (non-hydrogen) atoms. The Morgan fingerprint density at radius 3 is 2.55 bits per heavy atom. The molecule has 0 aliphatic rings. The Morgan fingerprint density at radius 2 is 1.95 bits per heavy atom. The van der Waals surface area contributed by atoms with Crippen LogP contribution in [0.1, 0.15) is 38.4 Å². The van der Waals surface area contributed by atoms with Crippen molar-refractivity contribution >= 4 is 5.91 Å². The Hall–Kier alpha value is -2.10. The maximum atomic E-state index is 12.3. The zero-order valence-electron chi connectivity index (χ0n) is 12.7. The van der Waals surface area contributed by atoms with Gasteiger partial charge in [0.15, 0.2) is 0 Å². The predicted octanol–water partition coefficient (Wildman–Crippen LogP) is 2.58. The second-order valence-corrected chi connectivity index (χ2v) is 5.27. The molecule has 4 nitrogen and oxygen atoms in total. The summed E-state index contributed by atoms with van der Waals surface area (Å²) in [5.74, 6) is -0.0335. The Balaban J connectivity index is 2.15. The fourth-order valence-corrected chi connectivity index (χ4v) is 2.32. The van der Waals surface area contributed by atoms with Gasteiger partial charge in [-0.3, -0.25) is 9.48 Å².